The highest BCUT2D eigenvalue weighted by Gasteiger charge is 2.24. The summed E-state index contributed by atoms with van der Waals surface area (Å²) in [6.45, 7) is 2.19. The predicted molar refractivity (Wildman–Crippen MR) is 99.3 cm³/mol. The van der Waals surface area contributed by atoms with Crippen molar-refractivity contribution >= 4 is 39.9 Å². The van der Waals surface area contributed by atoms with E-state index < -0.39 is 11.7 Å². The average molecular weight is 375 g/mol. The lowest BCUT2D eigenvalue weighted by molar-refractivity contribution is -0.111. The van der Waals surface area contributed by atoms with Crippen LogP contribution in [0.5, 0.6) is 0 Å². The van der Waals surface area contributed by atoms with E-state index in [1.807, 2.05) is 0 Å². The number of nitrogens with zero attached hydrogens (tertiary/aromatic N) is 1. The summed E-state index contributed by atoms with van der Waals surface area (Å²) in [6, 6.07) is 6.56. The lowest BCUT2D eigenvalue weighted by Crippen LogP contribution is -2.10. The van der Waals surface area contributed by atoms with Crippen LogP contribution in [0.25, 0.3) is 6.08 Å². The molecule has 1 amide bonds. The van der Waals surface area contributed by atoms with Crippen LogP contribution >= 0.6 is 22.9 Å². The van der Waals surface area contributed by atoms with Gasteiger partial charge in [-0.1, -0.05) is 24.6 Å². The third-order valence-electron chi connectivity index (χ3n) is 4.26. The molecule has 1 atom stereocenters. The zero-order valence-corrected chi connectivity index (χ0v) is 15.2. The van der Waals surface area contributed by atoms with Gasteiger partial charge in [0.15, 0.2) is 0 Å². The Morgan fingerprint density at radius 3 is 3.04 bits per heavy atom. The maximum Gasteiger partial charge on any atom is 0.249 e. The number of benzene rings is 1. The van der Waals surface area contributed by atoms with Crippen LogP contribution in [0.15, 0.2) is 24.3 Å². The first-order valence-corrected chi connectivity index (χ1v) is 9.16. The van der Waals surface area contributed by atoms with E-state index in [2.05, 4.69) is 18.3 Å². The molecular weight excluding hydrogens is 359 g/mol. The van der Waals surface area contributed by atoms with Crippen LogP contribution in [-0.2, 0) is 17.6 Å². The van der Waals surface area contributed by atoms with Crippen molar-refractivity contribution in [2.24, 2.45) is 5.92 Å². The quantitative estimate of drug-likeness (QED) is 0.751. The van der Waals surface area contributed by atoms with Crippen LogP contribution in [-0.4, -0.2) is 5.91 Å². The lowest BCUT2D eigenvalue weighted by Gasteiger charge is -2.17. The largest absolute Gasteiger partial charge is 0.313 e. The highest BCUT2D eigenvalue weighted by atomic mass is 35.5. The van der Waals surface area contributed by atoms with Crippen LogP contribution in [0.3, 0.4) is 0 Å². The molecule has 0 bridgehead atoms. The fourth-order valence-corrected chi connectivity index (χ4v) is 4.53. The van der Waals surface area contributed by atoms with Gasteiger partial charge in [0, 0.05) is 16.5 Å². The zero-order valence-electron chi connectivity index (χ0n) is 13.6. The van der Waals surface area contributed by atoms with Crippen LogP contribution in [0.1, 0.15) is 34.9 Å². The summed E-state index contributed by atoms with van der Waals surface area (Å²) < 4.78 is 13.7. The van der Waals surface area contributed by atoms with Gasteiger partial charge in [-0.15, -0.1) is 11.3 Å². The summed E-state index contributed by atoms with van der Waals surface area (Å²) in [5, 5.41) is 13.0. The molecule has 1 aromatic heterocycles. The Morgan fingerprint density at radius 1 is 1.52 bits per heavy atom. The number of halogens is 2. The first-order valence-electron chi connectivity index (χ1n) is 7.97. The Hall–Kier alpha value is -2.16. The second kappa shape index (κ2) is 7.38. The minimum Gasteiger partial charge on any atom is -0.313 e. The van der Waals surface area contributed by atoms with Crippen molar-refractivity contribution in [1.82, 2.24) is 0 Å². The molecule has 6 heteroatoms. The summed E-state index contributed by atoms with van der Waals surface area (Å²) in [7, 11) is 0. The molecule has 1 aliphatic rings. The Kier molecular flexibility index (Phi) is 5.22. The van der Waals surface area contributed by atoms with Crippen LogP contribution < -0.4 is 5.32 Å². The van der Waals surface area contributed by atoms with E-state index in [4.69, 9.17) is 11.6 Å². The van der Waals surface area contributed by atoms with E-state index in [1.165, 1.54) is 40.5 Å². The Balaban J connectivity index is 1.80. The molecule has 0 radical (unpaired) electrons. The second-order valence-electron chi connectivity index (χ2n) is 6.13. The number of carbonyl (C=O) groups excluding carboxylic acids is 1. The van der Waals surface area contributed by atoms with Crippen LogP contribution in [0.4, 0.5) is 9.39 Å². The smallest absolute Gasteiger partial charge is 0.249 e. The highest BCUT2D eigenvalue weighted by molar-refractivity contribution is 7.16. The Bertz CT molecular complexity index is 877. The summed E-state index contributed by atoms with van der Waals surface area (Å²) >= 11 is 7.40. The number of fused-ring (bicyclic) bond motifs is 1. The van der Waals surface area contributed by atoms with Crippen molar-refractivity contribution in [2.75, 3.05) is 5.32 Å². The molecule has 128 valence electrons. The third kappa shape index (κ3) is 3.76. The first-order chi connectivity index (χ1) is 12.0. The zero-order chi connectivity index (χ0) is 18.0. The maximum atomic E-state index is 13.7. The van der Waals surface area contributed by atoms with Crippen molar-refractivity contribution in [3.63, 3.8) is 0 Å². The van der Waals surface area contributed by atoms with Gasteiger partial charge >= 0.3 is 0 Å². The monoisotopic (exact) mass is 374 g/mol. The fourth-order valence-electron chi connectivity index (χ4n) is 2.94. The second-order valence-corrected chi connectivity index (χ2v) is 7.64. The Labute approximate surface area is 154 Å². The molecule has 3 rings (SSSR count). The summed E-state index contributed by atoms with van der Waals surface area (Å²) in [6.07, 6.45) is 5.43. The van der Waals surface area contributed by atoms with Gasteiger partial charge < -0.3 is 5.32 Å². The van der Waals surface area contributed by atoms with E-state index in [1.54, 1.807) is 6.07 Å². The molecule has 1 aromatic carbocycles. The number of nitrogens with one attached hydrogen (secondary N) is 1. The van der Waals surface area contributed by atoms with Gasteiger partial charge in [0.2, 0.25) is 5.91 Å². The van der Waals surface area contributed by atoms with Crippen LogP contribution in [0, 0.1) is 23.1 Å². The van der Waals surface area contributed by atoms with Crippen LogP contribution in [0.2, 0.25) is 5.02 Å². The molecule has 1 unspecified atom stereocenters. The van der Waals surface area contributed by atoms with Crippen molar-refractivity contribution in [3.8, 4) is 6.07 Å². The molecule has 25 heavy (non-hydrogen) atoms. The normalized spacial score (nSPS) is 16.5. The van der Waals surface area contributed by atoms with E-state index >= 15 is 0 Å². The SMILES string of the molecule is CC1CCc2c(sc(NC(=O)C=Cc3c(F)cccc3Cl)c2C#N)C1. The number of anilines is 1. The van der Waals surface area contributed by atoms with Crippen molar-refractivity contribution in [1.29, 1.82) is 5.26 Å². The molecule has 1 aliphatic carbocycles. The summed E-state index contributed by atoms with van der Waals surface area (Å²) in [5.74, 6) is -0.318. The van der Waals surface area contributed by atoms with E-state index in [9.17, 15) is 14.4 Å². The molecule has 0 saturated heterocycles. The van der Waals surface area contributed by atoms with E-state index in [-0.39, 0.29) is 10.6 Å². The summed E-state index contributed by atoms with van der Waals surface area (Å²) in [5.41, 5.74) is 1.78. The highest BCUT2D eigenvalue weighted by Crippen LogP contribution is 2.39. The van der Waals surface area contributed by atoms with Gasteiger partial charge in [0.05, 0.1) is 10.6 Å². The predicted octanol–water partition coefficient (Wildman–Crippen LogP) is 5.19. The van der Waals surface area contributed by atoms with Crippen molar-refractivity contribution in [3.05, 3.63) is 56.7 Å². The molecule has 1 N–H and O–H groups in total. The molecule has 0 fully saturated rings. The summed E-state index contributed by atoms with van der Waals surface area (Å²) in [4.78, 5) is 13.4. The average Bonchev–Trinajstić information content (AvgIpc) is 2.90. The van der Waals surface area contributed by atoms with Crippen molar-refractivity contribution in [2.45, 2.75) is 26.2 Å². The van der Waals surface area contributed by atoms with Gasteiger partial charge in [-0.25, -0.2) is 4.39 Å². The van der Waals surface area contributed by atoms with E-state index in [0.29, 0.717) is 16.5 Å². The Morgan fingerprint density at radius 2 is 2.32 bits per heavy atom. The van der Waals surface area contributed by atoms with E-state index in [0.717, 1.165) is 24.8 Å². The number of nitriles is 1. The minimum absolute atomic E-state index is 0.166. The number of amides is 1. The number of rotatable bonds is 3. The number of thiophene rings is 1. The van der Waals surface area contributed by atoms with Gasteiger partial charge in [0.25, 0.3) is 0 Å². The molecule has 1 heterocycles. The topological polar surface area (TPSA) is 52.9 Å². The molecule has 0 saturated carbocycles. The minimum atomic E-state index is -0.491. The van der Waals surface area contributed by atoms with Gasteiger partial charge in [-0.05, 0) is 49.0 Å². The molecule has 3 nitrogen and oxygen atoms in total. The third-order valence-corrected chi connectivity index (χ3v) is 5.76. The van der Waals surface area contributed by atoms with Crippen molar-refractivity contribution < 1.29 is 9.18 Å². The molecule has 2 aromatic rings. The number of carbonyl (C=O) groups is 1. The molecule has 0 spiro atoms. The maximum absolute atomic E-state index is 13.7. The fraction of sp³-hybridized carbons (Fsp3) is 0.263. The number of hydrogen-bond donors (Lipinski definition) is 1. The molecule has 0 aliphatic heterocycles. The lowest BCUT2D eigenvalue weighted by atomic mass is 9.89. The van der Waals surface area contributed by atoms with Gasteiger partial charge in [-0.2, -0.15) is 5.26 Å². The molecular formula is C19H16ClFN2OS. The van der Waals surface area contributed by atoms with Gasteiger partial charge in [0.1, 0.15) is 16.9 Å². The number of hydrogen-bond acceptors (Lipinski definition) is 3. The standard InChI is InChI=1S/C19H16ClFN2OS/c1-11-5-6-12-14(10-22)19(25-17(12)9-11)23-18(24)8-7-13-15(20)3-2-4-16(13)21/h2-4,7-8,11H,5-6,9H2,1H3,(H,23,24). The van der Waals surface area contributed by atoms with Gasteiger partial charge in [-0.3, -0.25) is 4.79 Å². The first kappa shape index (κ1) is 17.7.